The molecule has 0 radical (unpaired) electrons. The summed E-state index contributed by atoms with van der Waals surface area (Å²) in [5.74, 6) is 1.60. The molecule has 0 spiro atoms. The van der Waals surface area contributed by atoms with Gasteiger partial charge in [0, 0.05) is 32.1 Å². The standard InChI is InChI=1S/C17H23N5O3/c1-21-11-18-20-14(21)8-6-12-5-4-10-22(12)17(23)13-7-9-15(24-2)19-16(13)25-3/h7,9,11-12H,4-6,8,10H2,1-3H3. The second-order valence-electron chi connectivity index (χ2n) is 6.10. The minimum absolute atomic E-state index is 0.0486. The van der Waals surface area contributed by atoms with E-state index in [0.717, 1.165) is 38.1 Å². The summed E-state index contributed by atoms with van der Waals surface area (Å²) < 4.78 is 12.3. The van der Waals surface area contributed by atoms with Crippen molar-refractivity contribution in [2.75, 3.05) is 20.8 Å². The number of amides is 1. The summed E-state index contributed by atoms with van der Waals surface area (Å²) >= 11 is 0. The molecule has 3 rings (SSSR count). The van der Waals surface area contributed by atoms with Gasteiger partial charge in [0.05, 0.1) is 14.2 Å². The van der Waals surface area contributed by atoms with Crippen molar-refractivity contribution in [2.45, 2.75) is 31.7 Å². The number of likely N-dealkylation sites (tertiary alicyclic amines) is 1. The maximum Gasteiger partial charge on any atom is 0.259 e. The third-order valence-corrected chi connectivity index (χ3v) is 4.61. The molecule has 1 aliphatic rings. The minimum atomic E-state index is -0.0486. The highest BCUT2D eigenvalue weighted by molar-refractivity contribution is 5.96. The molecule has 0 aromatic carbocycles. The predicted molar refractivity (Wildman–Crippen MR) is 90.7 cm³/mol. The summed E-state index contributed by atoms with van der Waals surface area (Å²) in [6, 6.07) is 3.59. The Hall–Kier alpha value is -2.64. The van der Waals surface area contributed by atoms with Crippen LogP contribution in [0.25, 0.3) is 0 Å². The van der Waals surface area contributed by atoms with Crippen molar-refractivity contribution in [2.24, 2.45) is 7.05 Å². The maximum atomic E-state index is 13.0. The van der Waals surface area contributed by atoms with Gasteiger partial charge in [-0.2, -0.15) is 4.98 Å². The number of nitrogens with zero attached hydrogens (tertiary/aromatic N) is 5. The van der Waals surface area contributed by atoms with Crippen LogP contribution in [-0.2, 0) is 13.5 Å². The Morgan fingerprint density at radius 3 is 2.84 bits per heavy atom. The van der Waals surface area contributed by atoms with Crippen LogP contribution in [0.5, 0.6) is 11.8 Å². The van der Waals surface area contributed by atoms with Crippen molar-refractivity contribution in [3.8, 4) is 11.8 Å². The molecule has 0 N–H and O–H groups in total. The molecule has 1 amide bonds. The highest BCUT2D eigenvalue weighted by Crippen LogP contribution is 2.27. The molecule has 0 aliphatic carbocycles. The quantitative estimate of drug-likeness (QED) is 0.788. The zero-order chi connectivity index (χ0) is 17.8. The smallest absolute Gasteiger partial charge is 0.259 e. The molecule has 1 fully saturated rings. The van der Waals surface area contributed by atoms with Crippen LogP contribution in [0.3, 0.4) is 0 Å². The van der Waals surface area contributed by atoms with E-state index < -0.39 is 0 Å². The molecule has 1 atom stereocenters. The van der Waals surface area contributed by atoms with E-state index in [-0.39, 0.29) is 11.9 Å². The second-order valence-corrected chi connectivity index (χ2v) is 6.10. The van der Waals surface area contributed by atoms with E-state index in [1.54, 1.807) is 18.5 Å². The fourth-order valence-electron chi connectivity index (χ4n) is 3.24. The number of hydrogen-bond acceptors (Lipinski definition) is 6. The zero-order valence-corrected chi connectivity index (χ0v) is 14.8. The van der Waals surface area contributed by atoms with Crippen molar-refractivity contribution >= 4 is 5.91 Å². The minimum Gasteiger partial charge on any atom is -0.481 e. The molecule has 134 valence electrons. The Kier molecular flexibility index (Phi) is 5.16. The fourth-order valence-corrected chi connectivity index (χ4v) is 3.24. The third kappa shape index (κ3) is 3.57. The molecular formula is C17H23N5O3. The van der Waals surface area contributed by atoms with Crippen LogP contribution in [0.1, 0.15) is 35.4 Å². The van der Waals surface area contributed by atoms with E-state index >= 15 is 0 Å². The summed E-state index contributed by atoms with van der Waals surface area (Å²) in [7, 11) is 4.97. The summed E-state index contributed by atoms with van der Waals surface area (Å²) in [6.45, 7) is 0.748. The van der Waals surface area contributed by atoms with Crippen molar-refractivity contribution in [3.63, 3.8) is 0 Å². The first-order valence-corrected chi connectivity index (χ1v) is 8.37. The van der Waals surface area contributed by atoms with E-state index in [2.05, 4.69) is 15.2 Å². The van der Waals surface area contributed by atoms with Gasteiger partial charge in [-0.05, 0) is 25.3 Å². The molecule has 1 unspecified atom stereocenters. The first-order valence-electron chi connectivity index (χ1n) is 8.37. The van der Waals surface area contributed by atoms with Gasteiger partial charge in [-0.3, -0.25) is 4.79 Å². The van der Waals surface area contributed by atoms with Crippen molar-refractivity contribution in [1.29, 1.82) is 0 Å². The molecule has 0 saturated carbocycles. The fraction of sp³-hybridized carbons (Fsp3) is 0.529. The summed E-state index contributed by atoms with van der Waals surface area (Å²) in [4.78, 5) is 19.1. The van der Waals surface area contributed by atoms with E-state index in [1.807, 2.05) is 16.5 Å². The van der Waals surface area contributed by atoms with E-state index in [0.29, 0.717) is 17.3 Å². The van der Waals surface area contributed by atoms with Crippen molar-refractivity contribution < 1.29 is 14.3 Å². The topological polar surface area (TPSA) is 82.4 Å². The number of carbonyl (C=O) groups excluding carboxylic acids is 1. The highest BCUT2D eigenvalue weighted by atomic mass is 16.5. The Morgan fingerprint density at radius 1 is 1.32 bits per heavy atom. The van der Waals surface area contributed by atoms with E-state index in [4.69, 9.17) is 9.47 Å². The van der Waals surface area contributed by atoms with Crippen molar-refractivity contribution in [1.82, 2.24) is 24.6 Å². The number of methoxy groups -OCH3 is 2. The Balaban J connectivity index is 1.73. The number of aromatic nitrogens is 4. The number of carbonyl (C=O) groups is 1. The molecule has 0 bridgehead atoms. The van der Waals surface area contributed by atoms with Gasteiger partial charge >= 0.3 is 0 Å². The molecule has 25 heavy (non-hydrogen) atoms. The maximum absolute atomic E-state index is 13.0. The number of ether oxygens (including phenoxy) is 2. The van der Waals surface area contributed by atoms with Crippen LogP contribution in [0.4, 0.5) is 0 Å². The number of aryl methyl sites for hydroxylation is 2. The lowest BCUT2D eigenvalue weighted by Gasteiger charge is -2.25. The van der Waals surface area contributed by atoms with Crippen LogP contribution in [-0.4, -0.2) is 57.4 Å². The Morgan fingerprint density at radius 2 is 2.16 bits per heavy atom. The average molecular weight is 345 g/mol. The van der Waals surface area contributed by atoms with Gasteiger partial charge in [-0.1, -0.05) is 0 Å². The van der Waals surface area contributed by atoms with Gasteiger partial charge in [0.1, 0.15) is 17.7 Å². The largest absolute Gasteiger partial charge is 0.481 e. The lowest BCUT2D eigenvalue weighted by molar-refractivity contribution is 0.0725. The summed E-state index contributed by atoms with van der Waals surface area (Å²) in [6.07, 6.45) is 5.35. The number of rotatable bonds is 6. The molecule has 3 heterocycles. The van der Waals surface area contributed by atoms with Gasteiger partial charge in [-0.25, -0.2) is 0 Å². The molecule has 2 aromatic rings. The molecule has 8 nitrogen and oxygen atoms in total. The van der Waals surface area contributed by atoms with E-state index in [9.17, 15) is 4.79 Å². The molecular weight excluding hydrogens is 322 g/mol. The van der Waals surface area contributed by atoms with Crippen LogP contribution in [0, 0.1) is 0 Å². The number of pyridine rings is 1. The van der Waals surface area contributed by atoms with Crippen molar-refractivity contribution in [3.05, 3.63) is 29.8 Å². The molecule has 1 aliphatic heterocycles. The normalized spacial score (nSPS) is 16.9. The Bertz CT molecular complexity index is 746. The first-order chi connectivity index (χ1) is 12.1. The van der Waals surface area contributed by atoms with Gasteiger partial charge < -0.3 is 18.9 Å². The predicted octanol–water partition coefficient (Wildman–Crippen LogP) is 1.46. The number of hydrogen-bond donors (Lipinski definition) is 0. The highest BCUT2D eigenvalue weighted by Gasteiger charge is 2.31. The van der Waals surface area contributed by atoms with E-state index in [1.165, 1.54) is 14.2 Å². The Labute approximate surface area is 146 Å². The van der Waals surface area contributed by atoms with Gasteiger partial charge in [-0.15, -0.1) is 10.2 Å². The monoisotopic (exact) mass is 345 g/mol. The van der Waals surface area contributed by atoms with Gasteiger partial charge in [0.15, 0.2) is 0 Å². The van der Waals surface area contributed by atoms with Gasteiger partial charge in [0.25, 0.3) is 5.91 Å². The van der Waals surface area contributed by atoms with Crippen LogP contribution < -0.4 is 9.47 Å². The lowest BCUT2D eigenvalue weighted by Crippen LogP contribution is -2.36. The third-order valence-electron chi connectivity index (χ3n) is 4.61. The zero-order valence-electron chi connectivity index (χ0n) is 14.8. The van der Waals surface area contributed by atoms with Crippen LogP contribution in [0.15, 0.2) is 18.5 Å². The second kappa shape index (κ2) is 7.50. The average Bonchev–Trinajstić information content (AvgIpc) is 3.27. The first kappa shape index (κ1) is 17.2. The lowest BCUT2D eigenvalue weighted by atomic mass is 10.1. The molecule has 2 aromatic heterocycles. The van der Waals surface area contributed by atoms with Crippen LogP contribution >= 0.6 is 0 Å². The SMILES string of the molecule is COc1ccc(C(=O)N2CCCC2CCc2nncn2C)c(OC)n1. The van der Waals surface area contributed by atoms with Crippen LogP contribution in [0.2, 0.25) is 0 Å². The molecule has 8 heteroatoms. The van der Waals surface area contributed by atoms with Gasteiger partial charge in [0.2, 0.25) is 11.8 Å². The summed E-state index contributed by atoms with van der Waals surface area (Å²) in [5.41, 5.74) is 0.467. The summed E-state index contributed by atoms with van der Waals surface area (Å²) in [5, 5.41) is 8.02. The molecule has 1 saturated heterocycles.